The highest BCUT2D eigenvalue weighted by Gasteiger charge is 2.21. The predicted octanol–water partition coefficient (Wildman–Crippen LogP) is 0.447. The van der Waals surface area contributed by atoms with E-state index in [4.69, 9.17) is 10.2 Å². The molecule has 0 aliphatic carbocycles. The topological polar surface area (TPSA) is 118 Å². The van der Waals surface area contributed by atoms with Crippen LogP contribution >= 0.6 is 7.91 Å². The average molecular weight is 240 g/mol. The minimum absolute atomic E-state index is 0.0119. The van der Waals surface area contributed by atoms with Crippen LogP contribution in [-0.2, 0) is 23.8 Å². The van der Waals surface area contributed by atoms with Gasteiger partial charge in [-0.2, -0.15) is 5.26 Å². The van der Waals surface area contributed by atoms with E-state index in [1.807, 2.05) is 0 Å². The molecule has 0 saturated heterocycles. The third-order valence-electron chi connectivity index (χ3n) is 0.829. The maximum absolute atomic E-state index is 11.8. The quantitative estimate of drug-likeness (QED) is 0.243. The molecule has 0 aromatic carbocycles. The second-order valence-electron chi connectivity index (χ2n) is 1.87. The van der Waals surface area contributed by atoms with Gasteiger partial charge in [-0.05, 0) is 16.8 Å². The van der Waals surface area contributed by atoms with Gasteiger partial charge in [0.25, 0.3) is 5.71 Å². The minimum atomic E-state index is -5.37. The fraction of sp³-hybridized carbons (Fsp3) is 0.400. The summed E-state index contributed by atoms with van der Waals surface area (Å²) in [4.78, 5) is 22.2. The van der Waals surface area contributed by atoms with Gasteiger partial charge in [-0.15, -0.1) is 4.20 Å². The summed E-state index contributed by atoms with van der Waals surface area (Å²) in [5.41, 5.74) is -0.884. The number of carbonyl (C=O) groups excluding carboxylic acids is 1. The minimum Gasteiger partial charge on any atom is -0.461 e. The molecule has 0 aliphatic heterocycles. The van der Waals surface area contributed by atoms with Crippen LogP contribution in [0.2, 0.25) is 0 Å². The summed E-state index contributed by atoms with van der Waals surface area (Å²) in [6.45, 7) is 1.47. The molecule has 0 spiro atoms. The summed E-state index contributed by atoms with van der Waals surface area (Å²) in [6, 6.07) is 1.25. The Morgan fingerprint density at radius 1 is 1.73 bits per heavy atom. The van der Waals surface area contributed by atoms with Crippen LogP contribution in [0.1, 0.15) is 6.92 Å². The summed E-state index contributed by atoms with van der Waals surface area (Å²) in [6.07, 6.45) is 0. The molecule has 10 heteroatoms. The van der Waals surface area contributed by atoms with Crippen LogP contribution in [-0.4, -0.2) is 23.2 Å². The normalized spacial score (nSPS) is 14.9. The molecule has 15 heavy (non-hydrogen) atoms. The molecular weight excluding hydrogens is 234 g/mol. The third-order valence-corrected chi connectivity index (χ3v) is 1.08. The van der Waals surface area contributed by atoms with Crippen molar-refractivity contribution in [3.8, 4) is 6.07 Å². The SMILES string of the molecule is CCOC(=O)C(C#N)=NOOP(=O)(O)F. The second-order valence-corrected chi connectivity index (χ2v) is 2.92. The number of halogens is 1. The summed E-state index contributed by atoms with van der Waals surface area (Å²) in [5.74, 6) is -1.13. The predicted molar refractivity (Wildman–Crippen MR) is 42.8 cm³/mol. The molecule has 0 aromatic heterocycles. The smallest absolute Gasteiger partial charge is 0.461 e. The van der Waals surface area contributed by atoms with Crippen molar-refractivity contribution < 1.29 is 32.8 Å². The highest BCUT2D eigenvalue weighted by molar-refractivity contribution is 7.46. The van der Waals surface area contributed by atoms with Crippen LogP contribution in [0.4, 0.5) is 4.20 Å². The zero-order chi connectivity index (χ0) is 11.9. The lowest BCUT2D eigenvalue weighted by Gasteiger charge is -1.98. The first-order valence-electron chi connectivity index (χ1n) is 3.43. The van der Waals surface area contributed by atoms with Gasteiger partial charge in [0.05, 0.1) is 6.61 Å². The zero-order valence-electron chi connectivity index (χ0n) is 7.42. The number of hydrogen-bond acceptors (Lipinski definition) is 7. The van der Waals surface area contributed by atoms with Gasteiger partial charge >= 0.3 is 13.9 Å². The Labute approximate surface area is 83.4 Å². The van der Waals surface area contributed by atoms with Crippen molar-refractivity contribution in [1.29, 1.82) is 5.26 Å². The highest BCUT2D eigenvalue weighted by Crippen LogP contribution is 2.43. The van der Waals surface area contributed by atoms with E-state index >= 15 is 0 Å². The molecule has 0 saturated carbocycles. The summed E-state index contributed by atoms with van der Waals surface area (Å²) >= 11 is 0. The van der Waals surface area contributed by atoms with Gasteiger partial charge in [-0.3, -0.25) is 4.89 Å². The first kappa shape index (κ1) is 13.5. The highest BCUT2D eigenvalue weighted by atomic mass is 31.2. The number of rotatable bonds is 5. The van der Waals surface area contributed by atoms with E-state index in [1.165, 1.54) is 13.0 Å². The van der Waals surface area contributed by atoms with E-state index in [2.05, 4.69) is 19.6 Å². The number of hydrogen-bond donors (Lipinski definition) is 1. The van der Waals surface area contributed by atoms with Crippen molar-refractivity contribution in [3.05, 3.63) is 0 Å². The maximum atomic E-state index is 11.8. The molecule has 0 radical (unpaired) electrons. The number of oxime groups is 1. The van der Waals surface area contributed by atoms with Gasteiger partial charge < -0.3 is 4.74 Å². The van der Waals surface area contributed by atoms with Gasteiger partial charge in [0.2, 0.25) is 0 Å². The molecule has 0 fully saturated rings. The van der Waals surface area contributed by atoms with Crippen molar-refractivity contribution in [2.24, 2.45) is 5.16 Å². The molecule has 1 unspecified atom stereocenters. The van der Waals surface area contributed by atoms with Crippen LogP contribution in [0, 0.1) is 11.3 Å². The van der Waals surface area contributed by atoms with E-state index in [0.29, 0.717) is 0 Å². The Balaban J connectivity index is 4.31. The van der Waals surface area contributed by atoms with E-state index in [9.17, 15) is 13.6 Å². The van der Waals surface area contributed by atoms with Gasteiger partial charge in [0.15, 0.2) is 0 Å². The number of nitriles is 1. The van der Waals surface area contributed by atoms with Gasteiger partial charge in [-0.1, -0.05) is 0 Å². The molecular formula is C5H6FN2O6P. The van der Waals surface area contributed by atoms with Crippen molar-refractivity contribution in [1.82, 2.24) is 0 Å². The molecule has 1 atom stereocenters. The summed E-state index contributed by atoms with van der Waals surface area (Å²) in [5, 5.41) is 10.9. The van der Waals surface area contributed by atoms with Gasteiger partial charge in [-0.25, -0.2) is 14.3 Å². The van der Waals surface area contributed by atoms with Gasteiger partial charge in [0, 0.05) is 0 Å². The summed E-state index contributed by atoms with van der Waals surface area (Å²) in [7, 11) is -5.37. The van der Waals surface area contributed by atoms with Crippen molar-refractivity contribution in [3.63, 3.8) is 0 Å². The Morgan fingerprint density at radius 3 is 2.73 bits per heavy atom. The maximum Gasteiger partial charge on any atom is 0.548 e. The second kappa shape index (κ2) is 6.08. The molecule has 8 nitrogen and oxygen atoms in total. The molecule has 0 rings (SSSR count). The fourth-order valence-electron chi connectivity index (χ4n) is 0.398. The van der Waals surface area contributed by atoms with E-state index in [0.717, 1.165) is 0 Å². The van der Waals surface area contributed by atoms with Crippen LogP contribution < -0.4 is 0 Å². The van der Waals surface area contributed by atoms with Crippen LogP contribution in [0.5, 0.6) is 0 Å². The lowest BCUT2D eigenvalue weighted by molar-refractivity contribution is -0.219. The van der Waals surface area contributed by atoms with E-state index < -0.39 is 19.6 Å². The Morgan fingerprint density at radius 2 is 2.33 bits per heavy atom. The number of carbonyl (C=O) groups is 1. The molecule has 0 aromatic rings. The largest absolute Gasteiger partial charge is 0.548 e. The first-order chi connectivity index (χ1) is 6.90. The molecule has 0 bridgehead atoms. The number of esters is 1. The number of ether oxygens (including phenoxy) is 1. The Bertz CT molecular complexity index is 344. The van der Waals surface area contributed by atoms with E-state index in [1.54, 1.807) is 0 Å². The molecule has 1 N–H and O–H groups in total. The van der Waals surface area contributed by atoms with Gasteiger partial charge in [0.1, 0.15) is 6.07 Å². The fourth-order valence-corrected chi connectivity index (χ4v) is 0.513. The van der Waals surface area contributed by atoms with Crippen molar-refractivity contribution in [2.45, 2.75) is 6.92 Å². The van der Waals surface area contributed by atoms with E-state index in [-0.39, 0.29) is 6.61 Å². The van der Waals surface area contributed by atoms with Crippen molar-refractivity contribution in [2.75, 3.05) is 6.61 Å². The summed E-state index contributed by atoms with van der Waals surface area (Å²) < 4.78 is 29.2. The van der Waals surface area contributed by atoms with Crippen molar-refractivity contribution >= 4 is 19.6 Å². The first-order valence-corrected chi connectivity index (χ1v) is 4.90. The number of nitrogens with zero attached hydrogens (tertiary/aromatic N) is 2. The average Bonchev–Trinajstić information content (AvgIpc) is 2.11. The molecule has 0 aliphatic rings. The molecule has 84 valence electrons. The van der Waals surface area contributed by atoms with Crippen LogP contribution in [0.15, 0.2) is 5.16 Å². The monoisotopic (exact) mass is 240 g/mol. The lowest BCUT2D eigenvalue weighted by atomic mass is 10.4. The Hall–Kier alpha value is -1.49. The Kier molecular flexibility index (Phi) is 5.48. The standard InChI is InChI=1S/C5H6FN2O6P/c1-2-12-5(9)4(3-7)8-13-14-15(6,10)11/h2H2,1H3,(H,10,11). The van der Waals surface area contributed by atoms with Crippen LogP contribution in [0.25, 0.3) is 0 Å². The lowest BCUT2D eigenvalue weighted by Crippen LogP contribution is -2.16. The third kappa shape index (κ3) is 6.56. The molecule has 0 amide bonds. The molecule has 0 heterocycles. The zero-order valence-corrected chi connectivity index (χ0v) is 8.31. The van der Waals surface area contributed by atoms with Crippen LogP contribution in [0.3, 0.4) is 0 Å².